The summed E-state index contributed by atoms with van der Waals surface area (Å²) in [4.78, 5) is 0. The van der Waals surface area contributed by atoms with Crippen molar-refractivity contribution in [3.8, 4) is 0 Å². The minimum atomic E-state index is -0.256. The lowest BCUT2D eigenvalue weighted by Crippen LogP contribution is -2.28. The Morgan fingerprint density at radius 2 is 1.62 bits per heavy atom. The normalized spacial score (nSPS) is 12.4. The number of halogens is 1. The van der Waals surface area contributed by atoms with Crippen molar-refractivity contribution in [1.29, 1.82) is 0 Å². The van der Waals surface area contributed by atoms with E-state index in [4.69, 9.17) is 5.84 Å². The van der Waals surface area contributed by atoms with Crippen LogP contribution in [0, 0.1) is 5.82 Å². The number of rotatable bonds is 3. The van der Waals surface area contributed by atoms with E-state index in [-0.39, 0.29) is 11.9 Å². The molecule has 0 spiro atoms. The molecule has 2 aromatic rings. The quantitative estimate of drug-likeness (QED) is 0.610. The average Bonchev–Trinajstić information content (AvgIpc) is 2.31. The molecule has 3 N–H and O–H groups in total. The summed E-state index contributed by atoms with van der Waals surface area (Å²) in [6, 6.07) is 15.9. The first-order chi connectivity index (χ1) is 7.81. The van der Waals surface area contributed by atoms with Crippen LogP contribution in [0.4, 0.5) is 4.39 Å². The second kappa shape index (κ2) is 4.88. The molecule has 0 aliphatic carbocycles. The zero-order chi connectivity index (χ0) is 11.4. The van der Waals surface area contributed by atoms with Crippen molar-refractivity contribution >= 4 is 0 Å². The van der Waals surface area contributed by atoms with Crippen molar-refractivity contribution in [2.75, 3.05) is 0 Å². The van der Waals surface area contributed by atoms with Gasteiger partial charge in [0.15, 0.2) is 0 Å². The molecule has 0 saturated heterocycles. The Morgan fingerprint density at radius 1 is 0.938 bits per heavy atom. The molecule has 16 heavy (non-hydrogen) atoms. The van der Waals surface area contributed by atoms with Crippen molar-refractivity contribution in [3.05, 3.63) is 71.5 Å². The highest BCUT2D eigenvalue weighted by Gasteiger charge is 2.11. The van der Waals surface area contributed by atoms with E-state index in [9.17, 15) is 4.39 Å². The maximum atomic E-state index is 13.1. The molecule has 0 radical (unpaired) electrons. The predicted octanol–water partition coefficient (Wildman–Crippen LogP) is 2.38. The first-order valence-corrected chi connectivity index (χ1v) is 5.08. The van der Waals surface area contributed by atoms with Gasteiger partial charge in [0.1, 0.15) is 5.82 Å². The fourth-order valence-corrected chi connectivity index (χ4v) is 1.72. The summed E-state index contributed by atoms with van der Waals surface area (Å²) in [7, 11) is 0. The molecule has 2 aromatic carbocycles. The number of nitrogens with one attached hydrogen (secondary N) is 1. The average molecular weight is 216 g/mol. The van der Waals surface area contributed by atoms with Crippen LogP contribution in [-0.2, 0) is 0 Å². The van der Waals surface area contributed by atoms with Crippen molar-refractivity contribution in [2.45, 2.75) is 6.04 Å². The van der Waals surface area contributed by atoms with E-state index >= 15 is 0 Å². The second-order valence-corrected chi connectivity index (χ2v) is 3.57. The highest BCUT2D eigenvalue weighted by atomic mass is 19.1. The van der Waals surface area contributed by atoms with Crippen molar-refractivity contribution in [1.82, 2.24) is 5.43 Å². The topological polar surface area (TPSA) is 38.0 Å². The predicted molar refractivity (Wildman–Crippen MR) is 62.0 cm³/mol. The zero-order valence-electron chi connectivity index (χ0n) is 8.73. The SMILES string of the molecule is NN[C@H](c1ccccc1)c1cccc(F)c1. The van der Waals surface area contributed by atoms with Crippen LogP contribution in [-0.4, -0.2) is 0 Å². The van der Waals surface area contributed by atoms with Crippen LogP contribution in [0.3, 0.4) is 0 Å². The highest BCUT2D eigenvalue weighted by Crippen LogP contribution is 2.21. The van der Waals surface area contributed by atoms with Crippen LogP contribution < -0.4 is 11.3 Å². The van der Waals surface area contributed by atoms with Crippen LogP contribution in [0.5, 0.6) is 0 Å². The van der Waals surface area contributed by atoms with Gasteiger partial charge in [0.2, 0.25) is 0 Å². The van der Waals surface area contributed by atoms with Crippen molar-refractivity contribution in [3.63, 3.8) is 0 Å². The van der Waals surface area contributed by atoms with E-state index in [1.807, 2.05) is 36.4 Å². The molecule has 1 atom stereocenters. The fourth-order valence-electron chi connectivity index (χ4n) is 1.72. The molecule has 2 rings (SSSR count). The third-order valence-corrected chi connectivity index (χ3v) is 2.48. The van der Waals surface area contributed by atoms with Crippen LogP contribution in [0.2, 0.25) is 0 Å². The lowest BCUT2D eigenvalue weighted by molar-refractivity contribution is 0.605. The van der Waals surface area contributed by atoms with E-state index < -0.39 is 0 Å². The first kappa shape index (κ1) is 10.8. The summed E-state index contributed by atoms with van der Waals surface area (Å²) >= 11 is 0. The fraction of sp³-hybridized carbons (Fsp3) is 0.0769. The van der Waals surface area contributed by atoms with E-state index in [1.54, 1.807) is 6.07 Å². The summed E-state index contributed by atoms with van der Waals surface area (Å²) < 4.78 is 13.1. The number of hydrazine groups is 1. The van der Waals surface area contributed by atoms with Gasteiger partial charge in [0.25, 0.3) is 0 Å². The van der Waals surface area contributed by atoms with Gasteiger partial charge in [-0.05, 0) is 23.3 Å². The molecule has 0 amide bonds. The van der Waals surface area contributed by atoms with Crippen LogP contribution >= 0.6 is 0 Å². The van der Waals surface area contributed by atoms with Gasteiger partial charge in [-0.15, -0.1) is 0 Å². The summed E-state index contributed by atoms with van der Waals surface area (Å²) in [6.07, 6.45) is 0. The Kier molecular flexibility index (Phi) is 3.29. The minimum absolute atomic E-state index is 0.183. The summed E-state index contributed by atoms with van der Waals surface area (Å²) in [5.74, 6) is 5.26. The Balaban J connectivity index is 2.37. The zero-order valence-corrected chi connectivity index (χ0v) is 8.73. The molecule has 0 fully saturated rings. The van der Waals surface area contributed by atoms with Gasteiger partial charge in [-0.1, -0.05) is 42.5 Å². The first-order valence-electron chi connectivity index (χ1n) is 5.08. The molecular weight excluding hydrogens is 203 g/mol. The molecule has 0 aliphatic heterocycles. The molecule has 0 saturated carbocycles. The molecular formula is C13H13FN2. The van der Waals surface area contributed by atoms with E-state index in [0.29, 0.717) is 0 Å². The Bertz CT molecular complexity index is 456. The van der Waals surface area contributed by atoms with Gasteiger partial charge in [-0.25, -0.2) is 9.82 Å². The maximum Gasteiger partial charge on any atom is 0.123 e. The third-order valence-electron chi connectivity index (χ3n) is 2.48. The number of nitrogens with two attached hydrogens (primary N) is 1. The van der Waals surface area contributed by atoms with E-state index in [0.717, 1.165) is 11.1 Å². The minimum Gasteiger partial charge on any atom is -0.271 e. The smallest absolute Gasteiger partial charge is 0.123 e. The highest BCUT2D eigenvalue weighted by molar-refractivity contribution is 5.31. The summed E-state index contributed by atoms with van der Waals surface area (Å²) in [6.45, 7) is 0. The van der Waals surface area contributed by atoms with Gasteiger partial charge in [0.05, 0.1) is 6.04 Å². The van der Waals surface area contributed by atoms with Gasteiger partial charge in [-0.3, -0.25) is 5.84 Å². The van der Waals surface area contributed by atoms with E-state index in [1.165, 1.54) is 12.1 Å². The monoisotopic (exact) mass is 216 g/mol. The van der Waals surface area contributed by atoms with E-state index in [2.05, 4.69) is 5.43 Å². The van der Waals surface area contributed by atoms with Crippen LogP contribution in [0.1, 0.15) is 17.2 Å². The molecule has 0 heterocycles. The summed E-state index contributed by atoms with van der Waals surface area (Å²) in [5, 5.41) is 0. The molecule has 0 aliphatic rings. The maximum absolute atomic E-state index is 13.1. The van der Waals surface area contributed by atoms with Crippen molar-refractivity contribution < 1.29 is 4.39 Å². The van der Waals surface area contributed by atoms with Gasteiger partial charge < -0.3 is 0 Å². The number of hydrogen-bond donors (Lipinski definition) is 2. The van der Waals surface area contributed by atoms with Crippen molar-refractivity contribution in [2.24, 2.45) is 5.84 Å². The summed E-state index contributed by atoms with van der Waals surface area (Å²) in [5.41, 5.74) is 4.52. The standard InChI is InChI=1S/C13H13FN2/c14-12-8-4-7-11(9-12)13(16-15)10-5-2-1-3-6-10/h1-9,13,16H,15H2/t13-/m1/s1. The largest absolute Gasteiger partial charge is 0.271 e. The lowest BCUT2D eigenvalue weighted by atomic mass is 9.99. The van der Waals surface area contributed by atoms with Gasteiger partial charge >= 0.3 is 0 Å². The molecule has 2 nitrogen and oxygen atoms in total. The van der Waals surface area contributed by atoms with Gasteiger partial charge in [0, 0.05) is 0 Å². The number of benzene rings is 2. The molecule has 0 unspecified atom stereocenters. The lowest BCUT2D eigenvalue weighted by Gasteiger charge is -2.16. The van der Waals surface area contributed by atoms with Crippen LogP contribution in [0.15, 0.2) is 54.6 Å². The molecule has 3 heteroatoms. The van der Waals surface area contributed by atoms with Crippen LogP contribution in [0.25, 0.3) is 0 Å². The molecule has 0 bridgehead atoms. The second-order valence-electron chi connectivity index (χ2n) is 3.57. The molecule has 0 aromatic heterocycles. The van der Waals surface area contributed by atoms with Gasteiger partial charge in [-0.2, -0.15) is 0 Å². The number of hydrogen-bond acceptors (Lipinski definition) is 2. The Morgan fingerprint density at radius 3 is 2.25 bits per heavy atom. The Hall–Kier alpha value is -1.71. The Labute approximate surface area is 93.9 Å². The molecule has 82 valence electrons. The third kappa shape index (κ3) is 2.27.